The van der Waals surface area contributed by atoms with Gasteiger partial charge in [-0.15, -0.1) is 0 Å². The predicted molar refractivity (Wildman–Crippen MR) is 197 cm³/mol. The molecule has 3 saturated heterocycles. The van der Waals surface area contributed by atoms with Gasteiger partial charge in [0, 0.05) is 62.5 Å². The highest BCUT2D eigenvalue weighted by Gasteiger charge is 2.41. The molecule has 3 aliphatic rings. The minimum atomic E-state index is -1.04. The number of nitrogens with zero attached hydrogens (tertiary/aromatic N) is 4. The summed E-state index contributed by atoms with van der Waals surface area (Å²) in [5.74, 6) is -0.985. The first-order valence-corrected chi connectivity index (χ1v) is 17.9. The number of benzene rings is 4. The van der Waals surface area contributed by atoms with E-state index in [1.807, 2.05) is 54.6 Å². The fraction of sp³-hybridized carbons (Fsp3) is 0.325. The second-order valence-electron chi connectivity index (χ2n) is 13.5. The number of nitro benzene ring substituents is 1. The molecule has 0 spiro atoms. The zero-order chi connectivity index (χ0) is 37.6. The topological polar surface area (TPSA) is 164 Å². The molecule has 0 saturated carbocycles. The maximum Gasteiger partial charge on any atom is 0.408 e. The molecule has 54 heavy (non-hydrogen) atoms. The van der Waals surface area contributed by atoms with E-state index in [1.165, 1.54) is 12.1 Å². The summed E-state index contributed by atoms with van der Waals surface area (Å²) in [5.41, 5.74) is 4.64. The number of carbonyl (C=O) groups excluding carboxylic acids is 3. The minimum Gasteiger partial charge on any atom is -0.445 e. The molecule has 2 N–H and O–H groups in total. The van der Waals surface area contributed by atoms with Gasteiger partial charge in [0.15, 0.2) is 6.29 Å². The molecule has 3 fully saturated rings. The Morgan fingerprint density at radius 1 is 0.833 bits per heavy atom. The van der Waals surface area contributed by atoms with Crippen LogP contribution in [0.3, 0.4) is 0 Å². The number of non-ortho nitro benzene ring substituents is 1. The summed E-state index contributed by atoms with van der Waals surface area (Å²) in [6, 6.07) is 29.3. The van der Waals surface area contributed by atoms with Gasteiger partial charge in [0.05, 0.1) is 35.8 Å². The molecule has 4 aromatic rings. The summed E-state index contributed by atoms with van der Waals surface area (Å²) in [6.45, 7) is 3.73. The lowest BCUT2D eigenvalue weighted by Crippen LogP contribution is -2.49. The zero-order valence-electron chi connectivity index (χ0n) is 29.5. The highest BCUT2D eigenvalue weighted by molar-refractivity contribution is 6.22. The van der Waals surface area contributed by atoms with Crippen LogP contribution in [-0.4, -0.2) is 77.7 Å². The molecule has 0 radical (unpaired) electrons. The average molecular weight is 736 g/mol. The van der Waals surface area contributed by atoms with Crippen LogP contribution in [0.2, 0.25) is 0 Å². The molecule has 280 valence electrons. The summed E-state index contributed by atoms with van der Waals surface area (Å²) in [5, 5.41) is 23.2. The van der Waals surface area contributed by atoms with Crippen LogP contribution in [0.5, 0.6) is 0 Å². The molecular formula is C40H41N5O9. The van der Waals surface area contributed by atoms with Gasteiger partial charge in [-0.2, -0.15) is 0 Å². The summed E-state index contributed by atoms with van der Waals surface area (Å²) < 4.78 is 18.3. The summed E-state index contributed by atoms with van der Waals surface area (Å²) >= 11 is 0. The van der Waals surface area contributed by atoms with E-state index in [4.69, 9.17) is 14.2 Å². The Bertz CT molecular complexity index is 1940. The van der Waals surface area contributed by atoms with Crippen LogP contribution in [-0.2, 0) is 37.0 Å². The molecule has 0 bridgehead atoms. The lowest BCUT2D eigenvalue weighted by atomic mass is 9.99. The van der Waals surface area contributed by atoms with Gasteiger partial charge < -0.3 is 29.5 Å². The third kappa shape index (κ3) is 8.58. The van der Waals surface area contributed by atoms with Gasteiger partial charge in [-0.1, -0.05) is 66.7 Å². The molecule has 3 heterocycles. The van der Waals surface area contributed by atoms with Crippen molar-refractivity contribution in [2.45, 2.75) is 50.6 Å². The molecular weight excluding hydrogens is 694 g/mol. The normalized spacial score (nSPS) is 21.9. The number of aliphatic hydroxyl groups excluding tert-OH is 1. The number of carbonyl (C=O) groups is 3. The third-order valence-electron chi connectivity index (χ3n) is 9.95. The van der Waals surface area contributed by atoms with Crippen molar-refractivity contribution in [3.8, 4) is 0 Å². The van der Waals surface area contributed by atoms with Gasteiger partial charge in [0.2, 0.25) is 5.91 Å². The minimum absolute atomic E-state index is 0.0363. The van der Waals surface area contributed by atoms with Crippen LogP contribution in [0.1, 0.15) is 47.5 Å². The second-order valence-corrected chi connectivity index (χ2v) is 13.5. The second kappa shape index (κ2) is 16.6. The number of anilines is 2. The van der Waals surface area contributed by atoms with Crippen molar-refractivity contribution in [3.63, 3.8) is 0 Å². The lowest BCUT2D eigenvalue weighted by Gasteiger charge is -2.41. The van der Waals surface area contributed by atoms with E-state index in [0.717, 1.165) is 53.5 Å². The third-order valence-corrected chi connectivity index (χ3v) is 9.95. The molecule has 3 aliphatic heterocycles. The van der Waals surface area contributed by atoms with Crippen molar-refractivity contribution in [1.29, 1.82) is 0 Å². The van der Waals surface area contributed by atoms with Crippen LogP contribution in [0.4, 0.5) is 21.9 Å². The van der Waals surface area contributed by atoms with E-state index in [-0.39, 0.29) is 37.5 Å². The first-order valence-electron chi connectivity index (χ1n) is 17.9. The van der Waals surface area contributed by atoms with E-state index in [0.29, 0.717) is 24.2 Å². The monoisotopic (exact) mass is 735 g/mol. The van der Waals surface area contributed by atoms with Crippen molar-refractivity contribution in [1.82, 2.24) is 10.2 Å². The van der Waals surface area contributed by atoms with Crippen LogP contribution in [0, 0.1) is 10.1 Å². The van der Waals surface area contributed by atoms with Crippen molar-refractivity contribution >= 4 is 35.0 Å². The average Bonchev–Trinajstić information content (AvgIpc) is 3.48. The Morgan fingerprint density at radius 2 is 1.50 bits per heavy atom. The lowest BCUT2D eigenvalue weighted by molar-refractivity contribution is -0.384. The standard InChI is InChI=1S/C40H41N5O9/c46-25-27-6-8-29(9-7-27)36-22-34(24-42-18-20-43(21-19-42)31-14-16-33(17-15-31)45(50)51)53-39(54-36)30-10-12-32(13-11-30)44-37(47)23-35(38(44)48)41-40(49)52-26-28-4-2-1-3-5-28/h1-17,34-36,39,46H,18-26H2,(H,41,49)/t34-,35?,36+,39+/m0/s1. The number of rotatable bonds is 11. The zero-order valence-corrected chi connectivity index (χ0v) is 29.5. The number of piperazine rings is 1. The number of nitro groups is 1. The van der Waals surface area contributed by atoms with E-state index in [9.17, 15) is 29.6 Å². The summed E-state index contributed by atoms with van der Waals surface area (Å²) in [4.78, 5) is 55.0. The van der Waals surface area contributed by atoms with Crippen molar-refractivity contribution < 1.29 is 38.6 Å². The quantitative estimate of drug-likeness (QED) is 0.121. The number of alkyl carbamates (subject to hydrolysis) is 1. The van der Waals surface area contributed by atoms with Crippen molar-refractivity contribution in [3.05, 3.63) is 135 Å². The fourth-order valence-corrected chi connectivity index (χ4v) is 7.00. The predicted octanol–water partition coefficient (Wildman–Crippen LogP) is 5.01. The van der Waals surface area contributed by atoms with Gasteiger partial charge in [-0.25, -0.2) is 9.69 Å². The largest absolute Gasteiger partial charge is 0.445 e. The smallest absolute Gasteiger partial charge is 0.408 e. The Labute approximate surface area is 312 Å². The maximum absolute atomic E-state index is 13.3. The molecule has 3 amide bonds. The first-order chi connectivity index (χ1) is 26.2. The van der Waals surface area contributed by atoms with Gasteiger partial charge in [-0.05, 0) is 41.0 Å². The molecule has 4 atom stereocenters. The van der Waals surface area contributed by atoms with Crippen LogP contribution >= 0.6 is 0 Å². The Balaban J connectivity index is 0.996. The highest BCUT2D eigenvalue weighted by Crippen LogP contribution is 2.39. The van der Waals surface area contributed by atoms with Crippen LogP contribution in [0.15, 0.2) is 103 Å². The van der Waals surface area contributed by atoms with Crippen molar-refractivity contribution in [2.75, 3.05) is 42.5 Å². The van der Waals surface area contributed by atoms with Gasteiger partial charge >= 0.3 is 6.09 Å². The summed E-state index contributed by atoms with van der Waals surface area (Å²) in [7, 11) is 0. The SMILES string of the molecule is O=C(NC1CC(=O)N(c2ccc([C@@H]3O[C@H](CN4CCN(c5ccc([N+](=O)[O-])cc5)CC4)C[C@H](c4ccc(CO)cc4)O3)cc2)C1=O)OCc1ccccc1. The fourth-order valence-electron chi connectivity index (χ4n) is 7.00. The molecule has 0 aromatic heterocycles. The number of imide groups is 1. The van der Waals surface area contributed by atoms with Crippen LogP contribution < -0.4 is 15.1 Å². The Morgan fingerprint density at radius 3 is 2.17 bits per heavy atom. The number of ether oxygens (including phenoxy) is 3. The van der Waals surface area contributed by atoms with Crippen LogP contribution in [0.25, 0.3) is 0 Å². The number of nitrogens with one attached hydrogen (secondary N) is 1. The van der Waals surface area contributed by atoms with E-state index >= 15 is 0 Å². The number of hydrogen-bond acceptors (Lipinski definition) is 11. The van der Waals surface area contributed by atoms with E-state index < -0.39 is 35.2 Å². The van der Waals surface area contributed by atoms with Crippen molar-refractivity contribution in [2.24, 2.45) is 0 Å². The van der Waals surface area contributed by atoms with E-state index in [1.54, 1.807) is 36.4 Å². The number of aliphatic hydroxyl groups is 1. The maximum atomic E-state index is 13.3. The molecule has 14 nitrogen and oxygen atoms in total. The molecule has 1 unspecified atom stereocenters. The van der Waals surface area contributed by atoms with E-state index in [2.05, 4.69) is 15.1 Å². The molecule has 14 heteroatoms. The number of amides is 3. The van der Waals surface area contributed by atoms with Gasteiger partial charge in [0.1, 0.15) is 12.6 Å². The molecule has 7 rings (SSSR count). The van der Waals surface area contributed by atoms with Gasteiger partial charge in [-0.3, -0.25) is 24.6 Å². The van der Waals surface area contributed by atoms with Gasteiger partial charge in [0.25, 0.3) is 11.6 Å². The molecule has 4 aromatic carbocycles. The Kier molecular flexibility index (Phi) is 11.2. The summed E-state index contributed by atoms with van der Waals surface area (Å²) in [6.07, 6.45) is -1.58. The number of hydrogen-bond donors (Lipinski definition) is 2. The highest BCUT2D eigenvalue weighted by atomic mass is 16.7. The molecule has 0 aliphatic carbocycles. The first kappa shape index (κ1) is 36.7. The Hall–Kier alpha value is -5.67.